The molecule has 1 unspecified atom stereocenters. The zero-order chi connectivity index (χ0) is 20.3. The predicted octanol–water partition coefficient (Wildman–Crippen LogP) is 2.42. The van der Waals surface area contributed by atoms with Crippen molar-refractivity contribution in [1.82, 2.24) is 19.6 Å². The maximum absolute atomic E-state index is 9.62. The fourth-order valence-electron chi connectivity index (χ4n) is 4.14. The van der Waals surface area contributed by atoms with E-state index < -0.39 is 0 Å². The Balaban J connectivity index is 1.69. The van der Waals surface area contributed by atoms with Crippen LogP contribution in [0.15, 0.2) is 18.3 Å². The monoisotopic (exact) mass is 386 g/mol. The predicted molar refractivity (Wildman–Crippen MR) is 112 cm³/mol. The molecule has 2 aromatic rings. The second-order valence-corrected chi connectivity index (χ2v) is 7.93. The van der Waals surface area contributed by atoms with Crippen LogP contribution in [0.5, 0.6) is 5.75 Å². The highest BCUT2D eigenvalue weighted by Gasteiger charge is 2.27. The number of ether oxygens (including phenoxy) is 1. The van der Waals surface area contributed by atoms with Gasteiger partial charge in [-0.2, -0.15) is 5.10 Å². The maximum Gasteiger partial charge on any atom is 0.122 e. The van der Waals surface area contributed by atoms with Crippen LogP contribution < -0.4 is 4.74 Å². The van der Waals surface area contributed by atoms with E-state index >= 15 is 0 Å². The van der Waals surface area contributed by atoms with Crippen molar-refractivity contribution in [3.63, 3.8) is 0 Å². The van der Waals surface area contributed by atoms with Gasteiger partial charge in [0.2, 0.25) is 0 Å². The van der Waals surface area contributed by atoms with Gasteiger partial charge in [-0.05, 0) is 49.9 Å². The fraction of sp³-hybridized carbons (Fsp3) is 0.591. The van der Waals surface area contributed by atoms with Crippen molar-refractivity contribution in [3.8, 4) is 5.75 Å². The molecule has 1 saturated heterocycles. The molecule has 1 aromatic carbocycles. The first kappa shape index (κ1) is 20.8. The average molecular weight is 387 g/mol. The number of aliphatic hydroxyl groups is 1. The van der Waals surface area contributed by atoms with E-state index in [2.05, 4.69) is 47.8 Å². The lowest BCUT2D eigenvalue weighted by Crippen LogP contribution is -2.52. The summed E-state index contributed by atoms with van der Waals surface area (Å²) in [6.07, 6.45) is 2.78. The summed E-state index contributed by atoms with van der Waals surface area (Å²) in [7, 11) is 3.71. The smallest absolute Gasteiger partial charge is 0.122 e. The topological polar surface area (TPSA) is 53.8 Å². The highest BCUT2D eigenvalue weighted by Crippen LogP contribution is 2.26. The van der Waals surface area contributed by atoms with Crippen LogP contribution in [0.4, 0.5) is 0 Å². The molecule has 3 rings (SSSR count). The second-order valence-electron chi connectivity index (χ2n) is 7.93. The Labute approximate surface area is 168 Å². The van der Waals surface area contributed by atoms with Gasteiger partial charge in [0.25, 0.3) is 0 Å². The van der Waals surface area contributed by atoms with E-state index in [0.717, 1.165) is 44.9 Å². The summed E-state index contributed by atoms with van der Waals surface area (Å²) >= 11 is 0. The number of hydrogen-bond acceptors (Lipinski definition) is 5. The summed E-state index contributed by atoms with van der Waals surface area (Å²) in [5.41, 5.74) is 6.38. The minimum Gasteiger partial charge on any atom is -0.496 e. The normalized spacial score (nSPS) is 18.6. The Morgan fingerprint density at radius 1 is 1.11 bits per heavy atom. The summed E-state index contributed by atoms with van der Waals surface area (Å²) in [5.74, 6) is 0.949. The summed E-state index contributed by atoms with van der Waals surface area (Å²) in [6, 6.07) is 4.61. The molecule has 1 aliphatic rings. The van der Waals surface area contributed by atoms with E-state index in [1.165, 1.54) is 27.9 Å². The third-order valence-corrected chi connectivity index (χ3v) is 6.32. The summed E-state index contributed by atoms with van der Waals surface area (Å²) in [4.78, 5) is 5.02. The molecule has 2 heterocycles. The number of piperazine rings is 1. The van der Waals surface area contributed by atoms with Gasteiger partial charge in [-0.25, -0.2) is 0 Å². The molecule has 0 aliphatic carbocycles. The highest BCUT2D eigenvalue weighted by atomic mass is 16.5. The van der Waals surface area contributed by atoms with Gasteiger partial charge in [0.15, 0.2) is 0 Å². The number of rotatable bonds is 7. The number of aryl methyl sites for hydroxylation is 1. The first-order chi connectivity index (χ1) is 13.4. The molecule has 1 fully saturated rings. The van der Waals surface area contributed by atoms with Gasteiger partial charge in [-0.3, -0.25) is 14.5 Å². The van der Waals surface area contributed by atoms with Crippen LogP contribution >= 0.6 is 0 Å². The molecular formula is C22H34N4O2. The van der Waals surface area contributed by atoms with Crippen molar-refractivity contribution in [2.75, 3.05) is 33.4 Å². The first-order valence-electron chi connectivity index (χ1n) is 10.1. The van der Waals surface area contributed by atoms with Gasteiger partial charge in [-0.15, -0.1) is 0 Å². The Kier molecular flexibility index (Phi) is 6.75. The summed E-state index contributed by atoms with van der Waals surface area (Å²) in [5, 5.41) is 14.0. The van der Waals surface area contributed by atoms with Crippen molar-refractivity contribution in [2.45, 2.75) is 46.3 Å². The van der Waals surface area contributed by atoms with Crippen molar-refractivity contribution in [2.24, 2.45) is 7.05 Å². The van der Waals surface area contributed by atoms with Crippen molar-refractivity contribution in [3.05, 3.63) is 46.3 Å². The molecule has 1 aromatic heterocycles. The number of benzene rings is 1. The lowest BCUT2D eigenvalue weighted by atomic mass is 10.00. The van der Waals surface area contributed by atoms with Gasteiger partial charge in [0, 0.05) is 63.7 Å². The van der Waals surface area contributed by atoms with Gasteiger partial charge in [0.05, 0.1) is 13.3 Å². The lowest BCUT2D eigenvalue weighted by molar-refractivity contribution is 0.0497. The number of methoxy groups -OCH3 is 1. The minimum absolute atomic E-state index is 0.224. The van der Waals surface area contributed by atoms with Crippen LogP contribution in [0, 0.1) is 20.8 Å². The average Bonchev–Trinajstić information content (AvgIpc) is 3.00. The Morgan fingerprint density at radius 2 is 1.89 bits per heavy atom. The van der Waals surface area contributed by atoms with Crippen LogP contribution in [0.1, 0.15) is 34.4 Å². The molecule has 0 radical (unpaired) electrons. The van der Waals surface area contributed by atoms with Crippen molar-refractivity contribution in [1.29, 1.82) is 0 Å². The van der Waals surface area contributed by atoms with Gasteiger partial charge < -0.3 is 9.84 Å². The molecule has 0 bridgehead atoms. The SMILES string of the molecule is COc1ccc(CN2CCN(Cc3cnn(C)c3C)CC2CCO)c(C)c1C. The Bertz CT molecular complexity index is 802. The lowest BCUT2D eigenvalue weighted by Gasteiger charge is -2.41. The number of aromatic nitrogens is 2. The second kappa shape index (κ2) is 9.07. The van der Waals surface area contributed by atoms with Crippen LogP contribution in [-0.2, 0) is 20.1 Å². The standard InChI is InChI=1S/C22H34N4O2/c1-16-17(2)22(28-5)7-6-19(16)14-26-10-9-25(15-21(26)8-11-27)13-20-12-23-24(4)18(20)3/h6-7,12,21,27H,8-11,13-15H2,1-5H3. The number of hydrogen-bond donors (Lipinski definition) is 1. The molecule has 1 atom stereocenters. The van der Waals surface area contributed by atoms with Crippen molar-refractivity contribution < 1.29 is 9.84 Å². The molecule has 28 heavy (non-hydrogen) atoms. The fourth-order valence-corrected chi connectivity index (χ4v) is 4.14. The van der Waals surface area contributed by atoms with E-state index in [9.17, 15) is 5.11 Å². The number of nitrogens with zero attached hydrogens (tertiary/aromatic N) is 4. The first-order valence-corrected chi connectivity index (χ1v) is 10.1. The Morgan fingerprint density at radius 3 is 2.54 bits per heavy atom. The molecule has 1 aliphatic heterocycles. The van der Waals surface area contributed by atoms with Gasteiger partial charge in [0.1, 0.15) is 5.75 Å². The van der Waals surface area contributed by atoms with E-state index in [0.29, 0.717) is 6.04 Å². The van der Waals surface area contributed by atoms with Crippen LogP contribution in [0.2, 0.25) is 0 Å². The quantitative estimate of drug-likeness (QED) is 0.792. The molecule has 154 valence electrons. The van der Waals surface area contributed by atoms with Crippen LogP contribution in [0.25, 0.3) is 0 Å². The van der Waals surface area contributed by atoms with Crippen LogP contribution in [0.3, 0.4) is 0 Å². The summed E-state index contributed by atoms with van der Waals surface area (Å²) < 4.78 is 7.39. The van der Waals surface area contributed by atoms with Gasteiger partial charge in [-0.1, -0.05) is 6.07 Å². The molecule has 0 amide bonds. The number of aliphatic hydroxyl groups excluding tert-OH is 1. The zero-order valence-electron chi connectivity index (χ0n) is 17.9. The molecule has 1 N–H and O–H groups in total. The van der Waals surface area contributed by atoms with Crippen LogP contribution in [-0.4, -0.2) is 64.1 Å². The molecule has 0 saturated carbocycles. The largest absolute Gasteiger partial charge is 0.496 e. The summed E-state index contributed by atoms with van der Waals surface area (Å²) in [6.45, 7) is 11.5. The molecular weight excluding hydrogens is 352 g/mol. The van der Waals surface area contributed by atoms with E-state index in [1.54, 1.807) is 7.11 Å². The minimum atomic E-state index is 0.224. The maximum atomic E-state index is 9.62. The van der Waals surface area contributed by atoms with E-state index in [1.807, 2.05) is 17.9 Å². The third kappa shape index (κ3) is 4.40. The van der Waals surface area contributed by atoms with Gasteiger partial charge >= 0.3 is 0 Å². The third-order valence-electron chi connectivity index (χ3n) is 6.32. The highest BCUT2D eigenvalue weighted by molar-refractivity contribution is 5.43. The zero-order valence-corrected chi connectivity index (χ0v) is 17.9. The van der Waals surface area contributed by atoms with E-state index in [-0.39, 0.29) is 6.61 Å². The Hall–Kier alpha value is -1.89. The van der Waals surface area contributed by atoms with E-state index in [4.69, 9.17) is 4.74 Å². The molecule has 6 heteroatoms. The molecule has 0 spiro atoms. The molecule has 6 nitrogen and oxygen atoms in total. The van der Waals surface area contributed by atoms with Crippen molar-refractivity contribution >= 4 is 0 Å².